The summed E-state index contributed by atoms with van der Waals surface area (Å²) in [7, 11) is -1.50. The van der Waals surface area contributed by atoms with Crippen molar-refractivity contribution in [1.29, 1.82) is 0 Å². The van der Waals surface area contributed by atoms with Gasteiger partial charge in [0.25, 0.3) is 0 Å². The van der Waals surface area contributed by atoms with Crippen molar-refractivity contribution in [2.45, 2.75) is 57.6 Å². The summed E-state index contributed by atoms with van der Waals surface area (Å²) in [6, 6.07) is 13.4. The van der Waals surface area contributed by atoms with Gasteiger partial charge in [0.1, 0.15) is 16.5 Å². The van der Waals surface area contributed by atoms with E-state index >= 15 is 0 Å². The van der Waals surface area contributed by atoms with Gasteiger partial charge in [-0.3, -0.25) is 13.9 Å². The second-order valence-corrected chi connectivity index (χ2v) is 12.2. The van der Waals surface area contributed by atoms with Crippen LogP contribution in [0.5, 0.6) is 5.88 Å². The summed E-state index contributed by atoms with van der Waals surface area (Å²) < 4.78 is 37.4. The first-order valence-corrected chi connectivity index (χ1v) is 14.8. The molecule has 2 aromatic heterocycles. The van der Waals surface area contributed by atoms with Crippen LogP contribution in [-0.2, 0) is 23.1 Å². The smallest absolute Gasteiger partial charge is 0.306 e. The van der Waals surface area contributed by atoms with E-state index < -0.39 is 10.8 Å². The maximum atomic E-state index is 12.8. The molecule has 10 nitrogen and oxygen atoms in total. The Kier molecular flexibility index (Phi) is 7.83. The lowest BCUT2D eigenvalue weighted by Gasteiger charge is -2.41. The average Bonchev–Trinajstić information content (AvgIpc) is 3.26. The van der Waals surface area contributed by atoms with Crippen molar-refractivity contribution < 1.29 is 23.4 Å². The molecule has 2 atom stereocenters. The van der Waals surface area contributed by atoms with Gasteiger partial charge in [-0.2, -0.15) is 4.31 Å². The van der Waals surface area contributed by atoms with Gasteiger partial charge in [0.05, 0.1) is 25.1 Å². The molecule has 0 amide bonds. The largest absolute Gasteiger partial charge is 0.472 e. The molecule has 212 valence electrons. The molecule has 40 heavy (non-hydrogen) atoms. The summed E-state index contributed by atoms with van der Waals surface area (Å²) in [4.78, 5) is 17.3. The van der Waals surface area contributed by atoms with E-state index in [2.05, 4.69) is 21.4 Å². The number of benzene rings is 2. The van der Waals surface area contributed by atoms with Gasteiger partial charge >= 0.3 is 5.97 Å². The van der Waals surface area contributed by atoms with Crippen molar-refractivity contribution in [1.82, 2.24) is 24.3 Å². The highest BCUT2D eigenvalue weighted by Gasteiger charge is 2.35. The van der Waals surface area contributed by atoms with Gasteiger partial charge < -0.3 is 9.47 Å². The van der Waals surface area contributed by atoms with Crippen LogP contribution in [-0.4, -0.2) is 58.6 Å². The predicted octanol–water partition coefficient (Wildman–Crippen LogP) is 5.37. The number of ether oxygens (including phenoxy) is 2. The minimum atomic E-state index is -3.35. The van der Waals surface area contributed by atoms with Crippen molar-refractivity contribution in [3.8, 4) is 5.88 Å². The maximum absolute atomic E-state index is 12.8. The fourth-order valence-electron chi connectivity index (χ4n) is 5.27. The van der Waals surface area contributed by atoms with Gasteiger partial charge in [0, 0.05) is 25.7 Å². The quantitative estimate of drug-likeness (QED) is 0.285. The fraction of sp³-hybridized carbons (Fsp3) is 0.379. The lowest BCUT2D eigenvalue weighted by Crippen LogP contribution is -2.33. The molecule has 2 N–H and O–H groups in total. The van der Waals surface area contributed by atoms with E-state index in [0.29, 0.717) is 13.2 Å². The molecule has 3 heterocycles. The van der Waals surface area contributed by atoms with Crippen LogP contribution < -0.4 is 4.74 Å². The number of fused-ring (bicyclic) bond motifs is 2. The number of pyridine rings is 1. The van der Waals surface area contributed by atoms with Crippen molar-refractivity contribution >= 4 is 27.8 Å². The number of carbonyl (C=O) groups is 1. The summed E-state index contributed by atoms with van der Waals surface area (Å²) in [6.07, 6.45) is 1.43. The summed E-state index contributed by atoms with van der Waals surface area (Å²) in [5, 5.41) is 8.51. The van der Waals surface area contributed by atoms with Crippen LogP contribution in [0, 0.1) is 13.8 Å². The fourth-order valence-corrected chi connectivity index (χ4v) is 6.89. The minimum Gasteiger partial charge on any atom is -0.472 e. The third kappa shape index (κ3) is 5.29. The summed E-state index contributed by atoms with van der Waals surface area (Å²) in [5.41, 5.74) is 6.48. The Morgan fingerprint density at radius 2 is 2.02 bits per heavy atom. The number of aryl methyl sites for hydroxylation is 3. The zero-order chi connectivity index (χ0) is 28.6. The number of carbonyl (C=O) groups excluding carboxylic acids is 1. The number of nitrogens with zero attached hydrogens (tertiary/aromatic N) is 5. The highest BCUT2D eigenvalue weighted by molar-refractivity contribution is 8.22. The first-order chi connectivity index (χ1) is 19.1. The topological polar surface area (TPSA) is 123 Å². The SMILES string of the molecule is CCOC(=O)CC(c1ccc(C)c(CN2CC(C)Oc3ncccc3S2(O)O)c1)c1ccc2c(nnn2C)c1C. The number of rotatable bonds is 7. The van der Waals surface area contributed by atoms with E-state index in [1.807, 2.05) is 52.1 Å². The van der Waals surface area contributed by atoms with E-state index in [9.17, 15) is 13.9 Å². The maximum Gasteiger partial charge on any atom is 0.306 e. The third-order valence-corrected chi connectivity index (χ3v) is 9.32. The summed E-state index contributed by atoms with van der Waals surface area (Å²) in [6.45, 7) is 8.56. The zero-order valence-corrected chi connectivity index (χ0v) is 24.2. The van der Waals surface area contributed by atoms with Gasteiger partial charge in [-0.1, -0.05) is 29.5 Å². The monoisotopic (exact) mass is 565 g/mol. The molecule has 0 bridgehead atoms. The highest BCUT2D eigenvalue weighted by Crippen LogP contribution is 2.56. The molecule has 0 fully saturated rings. The predicted molar refractivity (Wildman–Crippen MR) is 153 cm³/mol. The van der Waals surface area contributed by atoms with Crippen LogP contribution in [0.2, 0.25) is 0 Å². The first-order valence-electron chi connectivity index (χ1n) is 13.3. The van der Waals surface area contributed by atoms with Crippen LogP contribution >= 0.6 is 10.8 Å². The Morgan fingerprint density at radius 1 is 1.23 bits per heavy atom. The third-order valence-electron chi connectivity index (χ3n) is 7.42. The van der Waals surface area contributed by atoms with Crippen LogP contribution in [0.4, 0.5) is 0 Å². The molecule has 2 unspecified atom stereocenters. The van der Waals surface area contributed by atoms with Gasteiger partial charge in [-0.25, -0.2) is 9.67 Å². The average molecular weight is 566 g/mol. The van der Waals surface area contributed by atoms with Crippen LogP contribution in [0.1, 0.15) is 54.0 Å². The van der Waals surface area contributed by atoms with Crippen LogP contribution in [0.25, 0.3) is 11.0 Å². The van der Waals surface area contributed by atoms with Gasteiger partial charge in [-0.15, -0.1) is 15.9 Å². The Balaban J connectivity index is 1.55. The van der Waals surface area contributed by atoms with Crippen molar-refractivity contribution in [3.05, 3.63) is 76.5 Å². The molecular weight excluding hydrogens is 530 g/mol. The molecule has 1 aliphatic heterocycles. The van der Waals surface area contributed by atoms with Gasteiger partial charge in [0.2, 0.25) is 5.88 Å². The van der Waals surface area contributed by atoms with Crippen LogP contribution in [0.15, 0.2) is 53.6 Å². The molecule has 0 aliphatic carbocycles. The molecule has 2 aromatic carbocycles. The lowest BCUT2D eigenvalue weighted by atomic mass is 9.84. The first kappa shape index (κ1) is 28.0. The van der Waals surface area contributed by atoms with E-state index in [1.54, 1.807) is 34.2 Å². The molecule has 5 rings (SSSR count). The van der Waals surface area contributed by atoms with Crippen molar-refractivity contribution in [2.75, 3.05) is 13.2 Å². The molecule has 4 aromatic rings. The second-order valence-electron chi connectivity index (χ2n) is 10.2. The minimum absolute atomic E-state index is 0.159. The lowest BCUT2D eigenvalue weighted by molar-refractivity contribution is -0.143. The molecular formula is C29H35N5O5S. The zero-order valence-electron chi connectivity index (χ0n) is 23.4. The summed E-state index contributed by atoms with van der Waals surface area (Å²) in [5.74, 6) is -0.334. The Labute approximate surface area is 235 Å². The molecule has 0 spiro atoms. The molecule has 1 aliphatic rings. The normalized spacial score (nSPS) is 18.4. The number of hydrogen-bond acceptors (Lipinski definition) is 9. The second kappa shape index (κ2) is 11.2. The van der Waals surface area contributed by atoms with Crippen LogP contribution in [0.3, 0.4) is 0 Å². The van der Waals surface area contributed by atoms with E-state index in [1.165, 1.54) is 0 Å². The molecule has 0 saturated heterocycles. The van der Waals surface area contributed by atoms with E-state index in [0.717, 1.165) is 38.9 Å². The Bertz CT molecular complexity index is 1560. The molecule has 11 heteroatoms. The Morgan fingerprint density at radius 3 is 2.80 bits per heavy atom. The van der Waals surface area contributed by atoms with Gasteiger partial charge in [-0.05, 0) is 73.7 Å². The van der Waals surface area contributed by atoms with Gasteiger partial charge in [0.15, 0.2) is 0 Å². The number of hydrogen-bond donors (Lipinski definition) is 2. The standard InChI is InChI=1S/C29H35N5O5S/c1-6-38-27(35)15-24(23-11-12-25-28(20(23)4)31-32-33(25)5)21-10-9-18(2)22(14-21)17-34-16-19(3)39-29-26(40(34,36)37)8-7-13-30-29/h7-14,19,24,36-37H,6,15-17H2,1-5H3. The highest BCUT2D eigenvalue weighted by atomic mass is 32.3. The van der Waals surface area contributed by atoms with E-state index in [-0.39, 0.29) is 41.7 Å². The van der Waals surface area contributed by atoms with E-state index in [4.69, 9.17) is 9.47 Å². The Hall–Kier alpha value is -3.51. The van der Waals surface area contributed by atoms with Crippen molar-refractivity contribution in [2.24, 2.45) is 7.05 Å². The number of aromatic nitrogens is 4. The summed E-state index contributed by atoms with van der Waals surface area (Å²) >= 11 is 0. The van der Waals surface area contributed by atoms with Crippen molar-refractivity contribution in [3.63, 3.8) is 0 Å². The molecule has 0 radical (unpaired) electrons. The molecule has 0 saturated carbocycles. The number of esters is 1.